The smallest absolute Gasteiger partial charge is 0.251 e. The van der Waals surface area contributed by atoms with Crippen LogP contribution in [0.3, 0.4) is 0 Å². The highest BCUT2D eigenvalue weighted by molar-refractivity contribution is 5.94. The number of aromatic nitrogens is 2. The van der Waals surface area contributed by atoms with Crippen molar-refractivity contribution in [1.82, 2.24) is 15.3 Å². The summed E-state index contributed by atoms with van der Waals surface area (Å²) in [5.41, 5.74) is 2.64. The Morgan fingerprint density at radius 2 is 1.75 bits per heavy atom. The molecule has 0 aliphatic carbocycles. The van der Waals surface area contributed by atoms with Crippen molar-refractivity contribution in [2.45, 2.75) is 26.2 Å². The minimum Gasteiger partial charge on any atom is -0.352 e. The largest absolute Gasteiger partial charge is 0.352 e. The van der Waals surface area contributed by atoms with Gasteiger partial charge < -0.3 is 5.32 Å². The van der Waals surface area contributed by atoms with E-state index >= 15 is 0 Å². The van der Waals surface area contributed by atoms with E-state index in [1.54, 1.807) is 12.4 Å². The molecule has 1 heterocycles. The number of benzene rings is 1. The fraction of sp³-hybridized carbons (Fsp3) is 0.312. The van der Waals surface area contributed by atoms with Crippen molar-refractivity contribution in [3.05, 3.63) is 48.5 Å². The van der Waals surface area contributed by atoms with E-state index in [9.17, 15) is 4.79 Å². The number of nitrogens with one attached hydrogen (secondary N) is 1. The van der Waals surface area contributed by atoms with E-state index in [-0.39, 0.29) is 5.91 Å². The second-order valence-electron chi connectivity index (χ2n) is 4.67. The van der Waals surface area contributed by atoms with Crippen molar-refractivity contribution < 1.29 is 4.79 Å². The number of amides is 1. The van der Waals surface area contributed by atoms with E-state index in [2.05, 4.69) is 22.2 Å². The van der Waals surface area contributed by atoms with Gasteiger partial charge in [-0.2, -0.15) is 0 Å². The summed E-state index contributed by atoms with van der Waals surface area (Å²) in [5, 5.41) is 2.93. The molecule has 0 fully saturated rings. The van der Waals surface area contributed by atoms with Crippen LogP contribution in [-0.4, -0.2) is 22.4 Å². The van der Waals surface area contributed by atoms with Crippen molar-refractivity contribution in [2.24, 2.45) is 0 Å². The lowest BCUT2D eigenvalue weighted by Gasteiger charge is -2.06. The van der Waals surface area contributed by atoms with Gasteiger partial charge in [0.2, 0.25) is 0 Å². The summed E-state index contributed by atoms with van der Waals surface area (Å²) >= 11 is 0. The van der Waals surface area contributed by atoms with Gasteiger partial charge in [-0.05, 0) is 24.1 Å². The second kappa shape index (κ2) is 7.38. The van der Waals surface area contributed by atoms with E-state index in [4.69, 9.17) is 0 Å². The van der Waals surface area contributed by atoms with Crippen molar-refractivity contribution in [3.63, 3.8) is 0 Å². The average Bonchev–Trinajstić information content (AvgIpc) is 2.52. The van der Waals surface area contributed by atoms with Gasteiger partial charge in [-0.3, -0.25) is 4.79 Å². The summed E-state index contributed by atoms with van der Waals surface area (Å²) < 4.78 is 0. The molecule has 1 amide bonds. The van der Waals surface area contributed by atoms with Gasteiger partial charge in [0.25, 0.3) is 5.91 Å². The highest BCUT2D eigenvalue weighted by Crippen LogP contribution is 2.17. The Bertz CT molecular complexity index is 537. The van der Waals surface area contributed by atoms with Gasteiger partial charge in [0.05, 0.1) is 0 Å². The minimum absolute atomic E-state index is 0.0167. The van der Waals surface area contributed by atoms with E-state index < -0.39 is 0 Å². The quantitative estimate of drug-likeness (QED) is 0.820. The standard InChI is InChI=1S/C16H19N3O/c1-2-3-4-9-19-16(20)14-7-5-13(6-8-14)15-10-17-12-18-11-15/h5-8,10-12H,2-4,9H2,1H3,(H,19,20). The summed E-state index contributed by atoms with van der Waals surface area (Å²) in [6.45, 7) is 2.88. The molecule has 104 valence electrons. The molecule has 0 spiro atoms. The minimum atomic E-state index is -0.0167. The van der Waals surface area contributed by atoms with E-state index in [0.29, 0.717) is 5.56 Å². The van der Waals surface area contributed by atoms with Crippen molar-refractivity contribution in [3.8, 4) is 11.1 Å². The van der Waals surface area contributed by atoms with Gasteiger partial charge >= 0.3 is 0 Å². The molecule has 0 radical (unpaired) electrons. The molecule has 0 bridgehead atoms. The molecule has 0 saturated carbocycles. The molecule has 4 nitrogen and oxygen atoms in total. The van der Waals surface area contributed by atoms with Crippen molar-refractivity contribution in [1.29, 1.82) is 0 Å². The number of unbranched alkanes of at least 4 members (excludes halogenated alkanes) is 2. The number of hydrogen-bond donors (Lipinski definition) is 1. The first-order valence-corrected chi connectivity index (χ1v) is 6.95. The summed E-state index contributed by atoms with van der Waals surface area (Å²) in [5.74, 6) is -0.0167. The Hall–Kier alpha value is -2.23. The van der Waals surface area contributed by atoms with Crippen LogP contribution >= 0.6 is 0 Å². The Morgan fingerprint density at radius 1 is 1.05 bits per heavy atom. The lowest BCUT2D eigenvalue weighted by atomic mass is 10.1. The summed E-state index contributed by atoms with van der Waals surface area (Å²) in [6, 6.07) is 7.49. The Morgan fingerprint density at radius 3 is 2.40 bits per heavy atom. The van der Waals surface area contributed by atoms with Gasteiger partial charge in [0, 0.05) is 30.1 Å². The highest BCUT2D eigenvalue weighted by atomic mass is 16.1. The summed E-state index contributed by atoms with van der Waals surface area (Å²) in [6.07, 6.45) is 8.35. The predicted octanol–water partition coefficient (Wildman–Crippen LogP) is 3.06. The third kappa shape index (κ3) is 3.88. The lowest BCUT2D eigenvalue weighted by Crippen LogP contribution is -2.24. The zero-order chi connectivity index (χ0) is 14.2. The topological polar surface area (TPSA) is 54.9 Å². The molecule has 1 aromatic carbocycles. The number of hydrogen-bond acceptors (Lipinski definition) is 3. The van der Waals surface area contributed by atoms with Crippen LogP contribution in [0.25, 0.3) is 11.1 Å². The van der Waals surface area contributed by atoms with Gasteiger partial charge in [-0.1, -0.05) is 31.9 Å². The molecular weight excluding hydrogens is 250 g/mol. The first-order chi connectivity index (χ1) is 9.81. The number of nitrogens with zero attached hydrogens (tertiary/aromatic N) is 2. The predicted molar refractivity (Wildman–Crippen MR) is 79.3 cm³/mol. The van der Waals surface area contributed by atoms with Gasteiger partial charge in [0.15, 0.2) is 0 Å². The Kier molecular flexibility index (Phi) is 5.24. The van der Waals surface area contributed by atoms with Crippen LogP contribution in [-0.2, 0) is 0 Å². The molecule has 0 unspecified atom stereocenters. The van der Waals surface area contributed by atoms with E-state index in [1.165, 1.54) is 6.33 Å². The van der Waals surface area contributed by atoms with Gasteiger partial charge in [0.1, 0.15) is 6.33 Å². The molecule has 0 saturated heterocycles. The van der Waals surface area contributed by atoms with Crippen LogP contribution in [0.2, 0.25) is 0 Å². The second-order valence-corrected chi connectivity index (χ2v) is 4.67. The molecule has 0 aliphatic rings. The number of carbonyl (C=O) groups excluding carboxylic acids is 1. The third-order valence-electron chi connectivity index (χ3n) is 3.11. The molecule has 2 rings (SSSR count). The molecule has 20 heavy (non-hydrogen) atoms. The van der Waals surface area contributed by atoms with Gasteiger partial charge in [-0.15, -0.1) is 0 Å². The van der Waals surface area contributed by atoms with Crippen LogP contribution in [0.5, 0.6) is 0 Å². The van der Waals surface area contributed by atoms with Crippen molar-refractivity contribution in [2.75, 3.05) is 6.54 Å². The SMILES string of the molecule is CCCCCNC(=O)c1ccc(-c2cncnc2)cc1. The molecule has 0 aliphatic heterocycles. The Balaban J connectivity index is 1.96. The van der Waals surface area contributed by atoms with Gasteiger partial charge in [-0.25, -0.2) is 9.97 Å². The number of carbonyl (C=O) groups is 1. The summed E-state index contributed by atoms with van der Waals surface area (Å²) in [7, 11) is 0. The number of rotatable bonds is 6. The van der Waals surface area contributed by atoms with Crippen LogP contribution in [0.1, 0.15) is 36.5 Å². The zero-order valence-electron chi connectivity index (χ0n) is 11.7. The zero-order valence-corrected chi connectivity index (χ0v) is 11.7. The van der Waals surface area contributed by atoms with E-state index in [1.807, 2.05) is 24.3 Å². The van der Waals surface area contributed by atoms with Crippen LogP contribution < -0.4 is 5.32 Å². The van der Waals surface area contributed by atoms with Crippen LogP contribution in [0.15, 0.2) is 43.0 Å². The van der Waals surface area contributed by atoms with Crippen molar-refractivity contribution >= 4 is 5.91 Å². The average molecular weight is 269 g/mol. The fourth-order valence-corrected chi connectivity index (χ4v) is 1.94. The molecule has 1 aromatic heterocycles. The maximum absolute atomic E-state index is 11.9. The molecule has 1 N–H and O–H groups in total. The Labute approximate surface area is 119 Å². The lowest BCUT2D eigenvalue weighted by molar-refractivity contribution is 0.0953. The van der Waals surface area contributed by atoms with Crippen LogP contribution in [0, 0.1) is 0 Å². The maximum atomic E-state index is 11.9. The van der Waals surface area contributed by atoms with Crippen LogP contribution in [0.4, 0.5) is 0 Å². The molecule has 0 atom stereocenters. The highest BCUT2D eigenvalue weighted by Gasteiger charge is 2.05. The molecule has 4 heteroatoms. The third-order valence-corrected chi connectivity index (χ3v) is 3.11. The maximum Gasteiger partial charge on any atom is 0.251 e. The molecular formula is C16H19N3O. The fourth-order valence-electron chi connectivity index (χ4n) is 1.94. The monoisotopic (exact) mass is 269 g/mol. The first kappa shape index (κ1) is 14.2. The first-order valence-electron chi connectivity index (χ1n) is 6.95. The normalized spacial score (nSPS) is 10.2. The summed E-state index contributed by atoms with van der Waals surface area (Å²) in [4.78, 5) is 19.9. The van der Waals surface area contributed by atoms with E-state index in [0.717, 1.165) is 36.9 Å². The molecule has 2 aromatic rings.